The molecule has 0 saturated heterocycles. The van der Waals surface area contributed by atoms with Crippen LogP contribution in [0.1, 0.15) is 0 Å². The Kier molecular flexibility index (Phi) is 6.88. The number of methoxy groups -OCH3 is 1. The van der Waals surface area contributed by atoms with Gasteiger partial charge in [0.15, 0.2) is 0 Å². The maximum absolute atomic E-state index is 5.56. The highest BCUT2D eigenvalue weighted by atomic mass is 79.9. The summed E-state index contributed by atoms with van der Waals surface area (Å²) in [6, 6.07) is 7.88. The van der Waals surface area contributed by atoms with Crippen molar-refractivity contribution in [2.75, 3.05) is 31.8 Å². The van der Waals surface area contributed by atoms with Crippen LogP contribution in [-0.4, -0.2) is 31.8 Å². The second kappa shape index (κ2) is 8.02. The monoisotopic (exact) mass is 290 g/mol. The van der Waals surface area contributed by atoms with E-state index in [0.29, 0.717) is 0 Å². The van der Waals surface area contributed by atoms with Gasteiger partial charge >= 0.3 is 0 Å². The fourth-order valence-corrected chi connectivity index (χ4v) is 1.95. The number of ether oxygens (including phenoxy) is 2. The van der Waals surface area contributed by atoms with Crippen LogP contribution >= 0.6 is 27.7 Å². The van der Waals surface area contributed by atoms with Gasteiger partial charge in [0.2, 0.25) is 0 Å². The highest BCUT2D eigenvalue weighted by molar-refractivity contribution is 9.10. The minimum Gasteiger partial charge on any atom is -0.493 e. The van der Waals surface area contributed by atoms with Crippen molar-refractivity contribution in [2.24, 2.45) is 0 Å². The van der Waals surface area contributed by atoms with Crippen LogP contribution in [0.2, 0.25) is 0 Å². The average Bonchev–Trinajstić information content (AvgIpc) is 2.26. The predicted octanol–water partition coefficient (Wildman–Crippen LogP) is 3.21. The lowest BCUT2D eigenvalue weighted by molar-refractivity contribution is 0.218. The van der Waals surface area contributed by atoms with E-state index in [1.165, 1.54) is 0 Å². The maximum Gasteiger partial charge on any atom is 0.119 e. The lowest BCUT2D eigenvalue weighted by Gasteiger charge is -2.05. The van der Waals surface area contributed by atoms with Crippen LogP contribution in [0.3, 0.4) is 0 Å². The molecule has 15 heavy (non-hydrogen) atoms. The molecule has 0 aliphatic carbocycles. The highest BCUT2D eigenvalue weighted by Gasteiger charge is 1.93. The molecule has 0 saturated carbocycles. The number of halogens is 1. The summed E-state index contributed by atoms with van der Waals surface area (Å²) in [5.41, 5.74) is 0. The molecule has 4 heteroatoms. The molecule has 0 heterocycles. The van der Waals surface area contributed by atoms with E-state index in [0.717, 1.165) is 34.9 Å². The van der Waals surface area contributed by atoms with Crippen LogP contribution in [0.15, 0.2) is 28.7 Å². The molecule has 0 fully saturated rings. The normalized spacial score (nSPS) is 10.3. The SMILES string of the molecule is COCCSCCOc1ccc(Br)cc1. The van der Waals surface area contributed by atoms with Gasteiger partial charge in [-0.1, -0.05) is 15.9 Å². The van der Waals surface area contributed by atoms with Crippen molar-refractivity contribution in [2.45, 2.75) is 0 Å². The summed E-state index contributed by atoms with van der Waals surface area (Å²) in [6.45, 7) is 1.55. The van der Waals surface area contributed by atoms with Gasteiger partial charge in [0.1, 0.15) is 5.75 Å². The van der Waals surface area contributed by atoms with E-state index < -0.39 is 0 Å². The van der Waals surface area contributed by atoms with Crippen molar-refractivity contribution < 1.29 is 9.47 Å². The molecule has 0 radical (unpaired) electrons. The number of rotatable bonds is 7. The van der Waals surface area contributed by atoms with E-state index in [1.807, 2.05) is 36.0 Å². The van der Waals surface area contributed by atoms with E-state index >= 15 is 0 Å². The van der Waals surface area contributed by atoms with Gasteiger partial charge in [-0.15, -0.1) is 0 Å². The van der Waals surface area contributed by atoms with Crippen LogP contribution in [0.25, 0.3) is 0 Å². The zero-order valence-corrected chi connectivity index (χ0v) is 11.1. The first-order valence-electron chi connectivity index (χ1n) is 4.78. The second-order valence-electron chi connectivity index (χ2n) is 2.91. The molecule has 0 aromatic heterocycles. The summed E-state index contributed by atoms with van der Waals surface area (Å²) in [7, 11) is 1.72. The van der Waals surface area contributed by atoms with Gasteiger partial charge in [0.05, 0.1) is 13.2 Å². The molecule has 0 bridgehead atoms. The minimum absolute atomic E-state index is 0.746. The Hall–Kier alpha value is -0.190. The zero-order chi connectivity index (χ0) is 10.9. The fourth-order valence-electron chi connectivity index (χ4n) is 0.994. The first kappa shape index (κ1) is 12.9. The van der Waals surface area contributed by atoms with Crippen molar-refractivity contribution in [3.05, 3.63) is 28.7 Å². The fraction of sp³-hybridized carbons (Fsp3) is 0.455. The molecular formula is C11H15BrO2S. The Bertz CT molecular complexity index is 264. The average molecular weight is 291 g/mol. The molecule has 0 aliphatic heterocycles. The van der Waals surface area contributed by atoms with Gasteiger partial charge in [-0.25, -0.2) is 0 Å². The third-order valence-corrected chi connectivity index (χ3v) is 3.18. The summed E-state index contributed by atoms with van der Waals surface area (Å²) >= 11 is 5.22. The van der Waals surface area contributed by atoms with Crippen LogP contribution in [0.4, 0.5) is 0 Å². The second-order valence-corrected chi connectivity index (χ2v) is 5.05. The molecule has 0 atom stereocenters. The summed E-state index contributed by atoms with van der Waals surface area (Å²) in [6.07, 6.45) is 0. The van der Waals surface area contributed by atoms with Crippen molar-refractivity contribution >= 4 is 27.7 Å². The Labute approximate surface area is 103 Å². The van der Waals surface area contributed by atoms with Crippen LogP contribution < -0.4 is 4.74 Å². The molecular weight excluding hydrogens is 276 g/mol. The smallest absolute Gasteiger partial charge is 0.119 e. The lowest BCUT2D eigenvalue weighted by Crippen LogP contribution is -2.02. The zero-order valence-electron chi connectivity index (χ0n) is 8.74. The molecule has 0 spiro atoms. The topological polar surface area (TPSA) is 18.5 Å². The summed E-state index contributed by atoms with van der Waals surface area (Å²) < 4.78 is 11.6. The first-order chi connectivity index (χ1) is 7.33. The van der Waals surface area contributed by atoms with Crippen LogP contribution in [0.5, 0.6) is 5.75 Å². The third kappa shape index (κ3) is 6.07. The minimum atomic E-state index is 0.746. The van der Waals surface area contributed by atoms with Gasteiger partial charge in [-0.3, -0.25) is 0 Å². The summed E-state index contributed by atoms with van der Waals surface area (Å²) in [4.78, 5) is 0. The molecule has 1 rings (SSSR count). The first-order valence-corrected chi connectivity index (χ1v) is 6.73. The standard InChI is InChI=1S/C11H15BrO2S/c1-13-6-8-15-9-7-14-11-4-2-10(12)3-5-11/h2-5H,6-9H2,1H3. The van der Waals surface area contributed by atoms with Crippen molar-refractivity contribution in [1.82, 2.24) is 0 Å². The van der Waals surface area contributed by atoms with Crippen molar-refractivity contribution in [1.29, 1.82) is 0 Å². The number of hydrogen-bond donors (Lipinski definition) is 0. The van der Waals surface area contributed by atoms with E-state index in [1.54, 1.807) is 7.11 Å². The highest BCUT2D eigenvalue weighted by Crippen LogP contribution is 2.16. The molecule has 1 aromatic carbocycles. The Balaban J connectivity index is 2.07. The number of hydrogen-bond acceptors (Lipinski definition) is 3. The van der Waals surface area contributed by atoms with Gasteiger partial charge < -0.3 is 9.47 Å². The Morgan fingerprint density at radius 2 is 1.80 bits per heavy atom. The molecule has 0 amide bonds. The van der Waals surface area contributed by atoms with Gasteiger partial charge in [0.25, 0.3) is 0 Å². The predicted molar refractivity (Wildman–Crippen MR) is 68.8 cm³/mol. The largest absolute Gasteiger partial charge is 0.493 e. The molecule has 0 N–H and O–H groups in total. The maximum atomic E-state index is 5.56. The van der Waals surface area contributed by atoms with Gasteiger partial charge in [-0.05, 0) is 24.3 Å². The van der Waals surface area contributed by atoms with Crippen LogP contribution in [-0.2, 0) is 4.74 Å². The number of benzene rings is 1. The quantitative estimate of drug-likeness (QED) is 0.719. The van der Waals surface area contributed by atoms with E-state index in [-0.39, 0.29) is 0 Å². The van der Waals surface area contributed by atoms with Crippen molar-refractivity contribution in [3.8, 4) is 5.75 Å². The Morgan fingerprint density at radius 1 is 1.13 bits per heavy atom. The lowest BCUT2D eigenvalue weighted by atomic mass is 10.3. The molecule has 0 aliphatic rings. The van der Waals surface area contributed by atoms with Gasteiger partial charge in [-0.2, -0.15) is 11.8 Å². The molecule has 2 nitrogen and oxygen atoms in total. The summed E-state index contributed by atoms with van der Waals surface area (Å²) in [5, 5.41) is 0. The molecule has 1 aromatic rings. The van der Waals surface area contributed by atoms with E-state index in [2.05, 4.69) is 15.9 Å². The molecule has 0 unspecified atom stereocenters. The van der Waals surface area contributed by atoms with Crippen LogP contribution in [0, 0.1) is 0 Å². The summed E-state index contributed by atoms with van der Waals surface area (Å²) in [5.74, 6) is 2.95. The number of thioether (sulfide) groups is 1. The third-order valence-electron chi connectivity index (χ3n) is 1.74. The molecule has 84 valence electrons. The van der Waals surface area contributed by atoms with E-state index in [9.17, 15) is 0 Å². The van der Waals surface area contributed by atoms with E-state index in [4.69, 9.17) is 9.47 Å². The van der Waals surface area contributed by atoms with Crippen molar-refractivity contribution in [3.63, 3.8) is 0 Å². The Morgan fingerprint density at radius 3 is 2.47 bits per heavy atom. The van der Waals surface area contributed by atoms with Gasteiger partial charge in [0, 0.05) is 23.1 Å².